The molecular formula is C17H16ClFN2O3S. The summed E-state index contributed by atoms with van der Waals surface area (Å²) in [5.41, 5.74) is -0.977. The van der Waals surface area contributed by atoms with Crippen LogP contribution in [-0.4, -0.2) is 39.1 Å². The number of nitrogens with one attached hydrogen (secondary N) is 1. The summed E-state index contributed by atoms with van der Waals surface area (Å²) in [7, 11) is 0. The molecule has 0 unspecified atom stereocenters. The molecule has 0 aliphatic carbocycles. The van der Waals surface area contributed by atoms with Crippen LogP contribution in [0.4, 0.5) is 4.39 Å². The molecule has 1 fully saturated rings. The van der Waals surface area contributed by atoms with Gasteiger partial charge >= 0.3 is 5.97 Å². The van der Waals surface area contributed by atoms with Crippen LogP contribution in [0.1, 0.15) is 12.8 Å². The molecule has 1 aromatic carbocycles. The Bertz CT molecular complexity index is 850. The highest BCUT2D eigenvalue weighted by Gasteiger charge is 2.42. The minimum atomic E-state index is -2.16. The van der Waals surface area contributed by atoms with Gasteiger partial charge in [-0.3, -0.25) is 4.79 Å². The highest BCUT2D eigenvalue weighted by molar-refractivity contribution is 7.97. The number of carboxylic acid groups (broad SMARTS) is 1. The van der Waals surface area contributed by atoms with Gasteiger partial charge in [-0.1, -0.05) is 29.8 Å². The number of alkyl halides is 1. The third-order valence-corrected chi connectivity index (χ3v) is 5.66. The van der Waals surface area contributed by atoms with E-state index < -0.39 is 11.6 Å². The Balaban J connectivity index is 1.84. The van der Waals surface area contributed by atoms with Crippen LogP contribution in [-0.2, 0) is 4.79 Å². The summed E-state index contributed by atoms with van der Waals surface area (Å²) in [6.45, 7) is 0.600. The SMILES string of the molecule is O=C(O)C1(F)CCN(Sc2c[nH]c(=O)cc2-c2ccccc2Cl)CC1. The van der Waals surface area contributed by atoms with E-state index in [-0.39, 0.29) is 18.4 Å². The van der Waals surface area contributed by atoms with Crippen molar-refractivity contribution in [3.8, 4) is 11.1 Å². The van der Waals surface area contributed by atoms with Gasteiger partial charge in [-0.25, -0.2) is 13.5 Å². The lowest BCUT2D eigenvalue weighted by atomic mass is 9.95. The van der Waals surface area contributed by atoms with E-state index in [2.05, 4.69) is 4.98 Å². The van der Waals surface area contributed by atoms with Crippen molar-refractivity contribution in [1.82, 2.24) is 9.29 Å². The zero-order valence-corrected chi connectivity index (χ0v) is 14.7. The van der Waals surface area contributed by atoms with Gasteiger partial charge in [0.15, 0.2) is 0 Å². The molecule has 1 aliphatic heterocycles. The molecule has 0 amide bonds. The predicted molar refractivity (Wildman–Crippen MR) is 95.6 cm³/mol. The monoisotopic (exact) mass is 382 g/mol. The van der Waals surface area contributed by atoms with E-state index in [1.165, 1.54) is 18.0 Å². The summed E-state index contributed by atoms with van der Waals surface area (Å²) < 4.78 is 16.1. The molecule has 1 aromatic heterocycles. The number of halogens is 2. The normalized spacial score (nSPS) is 17.4. The molecule has 2 heterocycles. The van der Waals surface area contributed by atoms with Crippen LogP contribution in [0.5, 0.6) is 0 Å². The number of benzene rings is 1. The van der Waals surface area contributed by atoms with Crippen molar-refractivity contribution >= 4 is 29.5 Å². The van der Waals surface area contributed by atoms with Crippen LogP contribution in [0.15, 0.2) is 46.2 Å². The number of nitrogens with zero attached hydrogens (tertiary/aromatic N) is 1. The van der Waals surface area contributed by atoms with Crippen LogP contribution in [0.3, 0.4) is 0 Å². The molecule has 1 saturated heterocycles. The first kappa shape index (κ1) is 18.0. The van der Waals surface area contributed by atoms with Crippen LogP contribution < -0.4 is 5.56 Å². The van der Waals surface area contributed by atoms with Crippen LogP contribution in [0.2, 0.25) is 5.02 Å². The van der Waals surface area contributed by atoms with Crippen molar-refractivity contribution in [3.63, 3.8) is 0 Å². The van der Waals surface area contributed by atoms with E-state index in [4.69, 9.17) is 16.7 Å². The predicted octanol–water partition coefficient (Wildman–Crippen LogP) is 3.59. The maximum absolute atomic E-state index is 14.2. The third-order valence-electron chi connectivity index (χ3n) is 4.18. The number of hydrogen-bond acceptors (Lipinski definition) is 4. The topological polar surface area (TPSA) is 73.4 Å². The molecular weight excluding hydrogens is 367 g/mol. The minimum Gasteiger partial charge on any atom is -0.479 e. The fourth-order valence-electron chi connectivity index (χ4n) is 2.71. The van der Waals surface area contributed by atoms with Gasteiger partial charge in [-0.15, -0.1) is 0 Å². The molecule has 0 bridgehead atoms. The molecule has 1 aliphatic rings. The number of rotatable bonds is 4. The van der Waals surface area contributed by atoms with Crippen LogP contribution in [0.25, 0.3) is 11.1 Å². The zero-order chi connectivity index (χ0) is 18.0. The lowest BCUT2D eigenvalue weighted by molar-refractivity contribution is -0.153. The summed E-state index contributed by atoms with van der Waals surface area (Å²) in [6.07, 6.45) is 1.46. The fraction of sp³-hybridized carbons (Fsp3) is 0.294. The maximum Gasteiger partial charge on any atom is 0.341 e. The Morgan fingerprint density at radius 3 is 2.60 bits per heavy atom. The number of piperidine rings is 1. The standard InChI is InChI=1S/C17H16ClFN2O3S/c18-13-4-2-1-3-11(13)12-9-15(22)20-10-14(12)25-21-7-5-17(19,6-8-21)16(23)24/h1-4,9-10H,5-8H2,(H,20,22)(H,23,24). The molecule has 0 atom stereocenters. The number of pyridine rings is 1. The third kappa shape index (κ3) is 3.89. The summed E-state index contributed by atoms with van der Waals surface area (Å²) in [6, 6.07) is 8.70. The molecule has 5 nitrogen and oxygen atoms in total. The van der Waals surface area contributed by atoms with Crippen LogP contribution >= 0.6 is 23.5 Å². The first-order valence-electron chi connectivity index (χ1n) is 7.72. The molecule has 8 heteroatoms. The fourth-order valence-corrected chi connectivity index (χ4v) is 3.97. The number of aromatic amines is 1. The van der Waals surface area contributed by atoms with E-state index in [0.29, 0.717) is 23.7 Å². The Morgan fingerprint density at radius 2 is 1.96 bits per heavy atom. The number of carbonyl (C=O) groups is 1. The first-order chi connectivity index (χ1) is 11.9. The van der Waals surface area contributed by atoms with Crippen molar-refractivity contribution in [3.05, 3.63) is 51.9 Å². The van der Waals surface area contributed by atoms with Crippen LogP contribution in [0, 0.1) is 0 Å². The molecule has 132 valence electrons. The highest BCUT2D eigenvalue weighted by atomic mass is 35.5. The quantitative estimate of drug-likeness (QED) is 0.790. The first-order valence-corrected chi connectivity index (χ1v) is 8.87. The van der Waals surface area contributed by atoms with E-state index in [0.717, 1.165) is 10.5 Å². The molecule has 25 heavy (non-hydrogen) atoms. The average Bonchev–Trinajstić information content (AvgIpc) is 2.59. The van der Waals surface area contributed by atoms with Gasteiger partial charge in [0, 0.05) is 59.2 Å². The molecule has 2 N–H and O–H groups in total. The van der Waals surface area contributed by atoms with Gasteiger partial charge in [-0.05, 0) is 18.0 Å². The molecule has 0 radical (unpaired) electrons. The van der Waals surface area contributed by atoms with Crippen molar-refractivity contribution in [2.24, 2.45) is 0 Å². The summed E-state index contributed by atoms with van der Waals surface area (Å²) in [4.78, 5) is 26.2. The highest BCUT2D eigenvalue weighted by Crippen LogP contribution is 2.38. The average molecular weight is 383 g/mol. The summed E-state index contributed by atoms with van der Waals surface area (Å²) in [5.74, 6) is -1.40. The summed E-state index contributed by atoms with van der Waals surface area (Å²) in [5, 5.41) is 9.50. The van der Waals surface area contributed by atoms with Gasteiger partial charge in [-0.2, -0.15) is 0 Å². The largest absolute Gasteiger partial charge is 0.479 e. The Labute approximate surface area is 152 Å². The second-order valence-electron chi connectivity index (χ2n) is 5.85. The van der Waals surface area contributed by atoms with Crippen molar-refractivity contribution in [2.45, 2.75) is 23.4 Å². The minimum absolute atomic E-state index is 0.0693. The molecule has 3 rings (SSSR count). The van der Waals surface area contributed by atoms with Gasteiger partial charge in [0.2, 0.25) is 11.2 Å². The second-order valence-corrected chi connectivity index (χ2v) is 7.39. The Morgan fingerprint density at radius 1 is 1.28 bits per heavy atom. The van der Waals surface area contributed by atoms with E-state index in [1.54, 1.807) is 12.3 Å². The number of carboxylic acids is 1. The maximum atomic E-state index is 14.2. The second kappa shape index (κ2) is 7.19. The molecule has 2 aromatic rings. The number of H-pyrrole nitrogens is 1. The van der Waals surface area contributed by atoms with Crippen molar-refractivity contribution < 1.29 is 14.3 Å². The van der Waals surface area contributed by atoms with E-state index >= 15 is 0 Å². The number of hydrogen-bond donors (Lipinski definition) is 2. The number of aromatic nitrogens is 1. The Kier molecular flexibility index (Phi) is 5.17. The summed E-state index contributed by atoms with van der Waals surface area (Å²) >= 11 is 7.61. The lowest BCUT2D eigenvalue weighted by Crippen LogP contribution is -2.44. The van der Waals surface area contributed by atoms with E-state index in [1.807, 2.05) is 22.5 Å². The van der Waals surface area contributed by atoms with Gasteiger partial charge < -0.3 is 10.1 Å². The van der Waals surface area contributed by atoms with E-state index in [9.17, 15) is 14.0 Å². The van der Waals surface area contributed by atoms with Crippen molar-refractivity contribution in [1.29, 1.82) is 0 Å². The molecule has 0 spiro atoms. The number of aliphatic carboxylic acids is 1. The lowest BCUT2D eigenvalue weighted by Gasteiger charge is -2.33. The van der Waals surface area contributed by atoms with Gasteiger partial charge in [0.25, 0.3) is 0 Å². The van der Waals surface area contributed by atoms with Crippen molar-refractivity contribution in [2.75, 3.05) is 13.1 Å². The molecule has 0 saturated carbocycles. The zero-order valence-electron chi connectivity index (χ0n) is 13.2. The smallest absolute Gasteiger partial charge is 0.341 e. The Hall–Kier alpha value is -1.83. The van der Waals surface area contributed by atoms with Gasteiger partial charge in [0.1, 0.15) is 0 Å². The van der Waals surface area contributed by atoms with Gasteiger partial charge in [0.05, 0.1) is 0 Å².